The van der Waals surface area contributed by atoms with Crippen molar-refractivity contribution >= 4 is 0 Å². The summed E-state index contributed by atoms with van der Waals surface area (Å²) in [4.78, 5) is 0. The highest BCUT2D eigenvalue weighted by Crippen LogP contribution is 2.23. The number of ether oxygens (including phenoxy) is 2. The van der Waals surface area contributed by atoms with Gasteiger partial charge in [0.1, 0.15) is 5.76 Å². The van der Waals surface area contributed by atoms with Crippen LogP contribution in [0, 0.1) is 0 Å². The highest BCUT2D eigenvalue weighted by atomic mass is 16.5. The zero-order valence-electron chi connectivity index (χ0n) is 10.0. The van der Waals surface area contributed by atoms with Crippen LogP contribution in [0.1, 0.15) is 40.0 Å². The van der Waals surface area contributed by atoms with Gasteiger partial charge in [0.15, 0.2) is 5.76 Å². The van der Waals surface area contributed by atoms with E-state index in [4.69, 9.17) is 9.47 Å². The van der Waals surface area contributed by atoms with Gasteiger partial charge in [-0.15, -0.1) is 0 Å². The molecule has 0 saturated heterocycles. The Morgan fingerprint density at radius 3 is 2.21 bits per heavy atom. The second-order valence-corrected chi connectivity index (χ2v) is 3.04. The summed E-state index contributed by atoms with van der Waals surface area (Å²) in [5.41, 5.74) is 1.36. The minimum atomic E-state index is 0.882. The maximum Gasteiger partial charge on any atom is 0.156 e. The number of hydrogen-bond donors (Lipinski definition) is 0. The van der Waals surface area contributed by atoms with Crippen molar-refractivity contribution in [2.24, 2.45) is 0 Å². The molecule has 0 spiro atoms. The predicted octanol–water partition coefficient (Wildman–Crippen LogP) is 3.65. The van der Waals surface area contributed by atoms with Crippen molar-refractivity contribution in [1.82, 2.24) is 0 Å². The Morgan fingerprint density at radius 2 is 1.71 bits per heavy atom. The summed E-state index contributed by atoms with van der Waals surface area (Å²) in [5, 5.41) is 0. The lowest BCUT2D eigenvalue weighted by Gasteiger charge is -2.07. The molecule has 2 heteroatoms. The number of rotatable bonds is 2. The second kappa shape index (κ2) is 7.48. The molecular formula is C12H22O2. The molecule has 0 aromatic rings. The van der Waals surface area contributed by atoms with Crippen molar-refractivity contribution in [1.29, 1.82) is 0 Å². The molecule has 0 unspecified atom stereocenters. The summed E-state index contributed by atoms with van der Waals surface area (Å²) in [6, 6.07) is 0. The van der Waals surface area contributed by atoms with Crippen LogP contribution in [0.25, 0.3) is 0 Å². The van der Waals surface area contributed by atoms with Gasteiger partial charge >= 0.3 is 0 Å². The molecule has 0 heterocycles. The van der Waals surface area contributed by atoms with Crippen molar-refractivity contribution in [3.05, 3.63) is 23.2 Å². The van der Waals surface area contributed by atoms with Crippen LogP contribution < -0.4 is 0 Å². The molecule has 1 rings (SSSR count). The summed E-state index contributed by atoms with van der Waals surface area (Å²) < 4.78 is 10.5. The largest absolute Gasteiger partial charge is 0.497 e. The molecule has 0 saturated carbocycles. The molecule has 0 amide bonds. The number of hydrogen-bond acceptors (Lipinski definition) is 2. The Labute approximate surface area is 87.6 Å². The Kier molecular flexibility index (Phi) is 6.99. The molecule has 0 aromatic heterocycles. The predicted molar refractivity (Wildman–Crippen MR) is 60.0 cm³/mol. The lowest BCUT2D eigenvalue weighted by Crippen LogP contribution is -1.93. The molecule has 0 radical (unpaired) electrons. The standard InChI is InChI=1S/C10H16O2.C2H6/c1-8-5-4-6-9(11-2)10(7-8)12-3;1-2/h7H,4-6H2,1-3H3;1-2H3. The second-order valence-electron chi connectivity index (χ2n) is 3.04. The van der Waals surface area contributed by atoms with E-state index in [1.807, 2.05) is 13.8 Å². The molecule has 0 aromatic carbocycles. The van der Waals surface area contributed by atoms with Crippen LogP contribution in [0.5, 0.6) is 0 Å². The molecular weight excluding hydrogens is 176 g/mol. The van der Waals surface area contributed by atoms with Crippen LogP contribution in [-0.4, -0.2) is 14.2 Å². The highest BCUT2D eigenvalue weighted by Gasteiger charge is 2.09. The van der Waals surface area contributed by atoms with E-state index < -0.39 is 0 Å². The molecule has 0 atom stereocenters. The fraction of sp³-hybridized carbons (Fsp3) is 0.667. The van der Waals surface area contributed by atoms with Crippen molar-refractivity contribution < 1.29 is 9.47 Å². The topological polar surface area (TPSA) is 18.5 Å². The van der Waals surface area contributed by atoms with E-state index in [-0.39, 0.29) is 0 Å². The smallest absolute Gasteiger partial charge is 0.156 e. The summed E-state index contributed by atoms with van der Waals surface area (Å²) in [6.07, 6.45) is 5.33. The van der Waals surface area contributed by atoms with Crippen molar-refractivity contribution in [2.45, 2.75) is 40.0 Å². The zero-order valence-corrected chi connectivity index (χ0v) is 10.0. The van der Waals surface area contributed by atoms with E-state index in [1.165, 1.54) is 5.57 Å². The van der Waals surface area contributed by atoms with E-state index >= 15 is 0 Å². The van der Waals surface area contributed by atoms with Gasteiger partial charge in [0.05, 0.1) is 14.2 Å². The first-order chi connectivity index (χ1) is 6.77. The molecule has 0 bridgehead atoms. The quantitative estimate of drug-likeness (QED) is 0.674. The van der Waals surface area contributed by atoms with Crippen LogP contribution in [0.3, 0.4) is 0 Å². The van der Waals surface area contributed by atoms with Gasteiger partial charge in [-0.05, 0) is 25.8 Å². The summed E-state index contributed by atoms with van der Waals surface area (Å²) in [7, 11) is 3.38. The molecule has 0 fully saturated rings. The van der Waals surface area contributed by atoms with Gasteiger partial charge in [0, 0.05) is 6.42 Å². The normalized spacial score (nSPS) is 16.2. The number of methoxy groups -OCH3 is 2. The van der Waals surface area contributed by atoms with Crippen LogP contribution in [0.4, 0.5) is 0 Å². The summed E-state index contributed by atoms with van der Waals surface area (Å²) >= 11 is 0. The average molecular weight is 198 g/mol. The van der Waals surface area contributed by atoms with Gasteiger partial charge < -0.3 is 9.47 Å². The molecule has 1 aliphatic rings. The third kappa shape index (κ3) is 3.86. The lowest BCUT2D eigenvalue weighted by molar-refractivity contribution is 0.222. The van der Waals surface area contributed by atoms with Crippen molar-refractivity contribution in [3.8, 4) is 0 Å². The molecule has 14 heavy (non-hydrogen) atoms. The molecule has 82 valence electrons. The molecule has 0 N–H and O–H groups in total. The Bertz CT molecular complexity index is 214. The van der Waals surface area contributed by atoms with Crippen LogP contribution in [-0.2, 0) is 9.47 Å². The van der Waals surface area contributed by atoms with Crippen molar-refractivity contribution in [3.63, 3.8) is 0 Å². The van der Waals surface area contributed by atoms with Gasteiger partial charge in [0.2, 0.25) is 0 Å². The Hall–Kier alpha value is -0.920. The van der Waals surface area contributed by atoms with Gasteiger partial charge in [-0.25, -0.2) is 0 Å². The van der Waals surface area contributed by atoms with E-state index in [0.717, 1.165) is 30.8 Å². The van der Waals surface area contributed by atoms with E-state index in [2.05, 4.69) is 13.0 Å². The van der Waals surface area contributed by atoms with Crippen molar-refractivity contribution in [2.75, 3.05) is 14.2 Å². The maximum atomic E-state index is 5.23. The van der Waals surface area contributed by atoms with Gasteiger partial charge in [-0.3, -0.25) is 0 Å². The Balaban J connectivity index is 0.000000791. The first-order valence-electron chi connectivity index (χ1n) is 5.26. The van der Waals surface area contributed by atoms with Crippen LogP contribution >= 0.6 is 0 Å². The zero-order chi connectivity index (χ0) is 11.0. The van der Waals surface area contributed by atoms with Gasteiger partial charge in [-0.1, -0.05) is 19.4 Å². The number of allylic oxidation sites excluding steroid dienone is 3. The summed E-state index contributed by atoms with van der Waals surface area (Å²) in [6.45, 7) is 6.12. The van der Waals surface area contributed by atoms with Gasteiger partial charge in [-0.2, -0.15) is 0 Å². The summed E-state index contributed by atoms with van der Waals surface area (Å²) in [5.74, 6) is 1.85. The lowest BCUT2D eigenvalue weighted by atomic mass is 10.1. The minimum absolute atomic E-state index is 0.882. The monoisotopic (exact) mass is 198 g/mol. The fourth-order valence-electron chi connectivity index (χ4n) is 1.40. The molecule has 2 nitrogen and oxygen atoms in total. The average Bonchev–Trinajstić information content (AvgIpc) is 2.42. The van der Waals surface area contributed by atoms with Gasteiger partial charge in [0.25, 0.3) is 0 Å². The highest BCUT2D eigenvalue weighted by molar-refractivity contribution is 5.22. The van der Waals surface area contributed by atoms with Crippen LogP contribution in [0.15, 0.2) is 23.2 Å². The van der Waals surface area contributed by atoms with E-state index in [0.29, 0.717) is 0 Å². The van der Waals surface area contributed by atoms with E-state index in [1.54, 1.807) is 14.2 Å². The minimum Gasteiger partial charge on any atom is -0.497 e. The third-order valence-electron chi connectivity index (χ3n) is 2.09. The van der Waals surface area contributed by atoms with Crippen LogP contribution in [0.2, 0.25) is 0 Å². The fourth-order valence-corrected chi connectivity index (χ4v) is 1.40. The SMILES string of the molecule is CC.COC1=C(OC)CCCC(C)=C1. The third-order valence-corrected chi connectivity index (χ3v) is 2.09. The Morgan fingerprint density at radius 1 is 1.07 bits per heavy atom. The first-order valence-corrected chi connectivity index (χ1v) is 5.26. The first kappa shape index (κ1) is 13.1. The molecule has 0 aliphatic heterocycles. The molecule has 1 aliphatic carbocycles. The maximum absolute atomic E-state index is 5.23. The van der Waals surface area contributed by atoms with E-state index in [9.17, 15) is 0 Å².